The van der Waals surface area contributed by atoms with Crippen molar-refractivity contribution in [3.05, 3.63) is 57.8 Å². The first-order valence-electron chi connectivity index (χ1n) is 7.26. The first-order valence-corrected chi connectivity index (χ1v) is 8.08. The number of nitrogens with one attached hydrogen (secondary N) is 1. The van der Waals surface area contributed by atoms with Gasteiger partial charge in [0, 0.05) is 16.5 Å². The lowest BCUT2D eigenvalue weighted by Crippen LogP contribution is -2.24. The van der Waals surface area contributed by atoms with Crippen molar-refractivity contribution in [2.75, 3.05) is 0 Å². The minimum atomic E-state index is -0.148. The van der Waals surface area contributed by atoms with E-state index in [-0.39, 0.29) is 5.91 Å². The van der Waals surface area contributed by atoms with Crippen molar-refractivity contribution in [2.45, 2.75) is 26.8 Å². The number of pyridine rings is 1. The molecule has 2 aromatic heterocycles. The number of rotatable bonds is 4. The Bertz CT molecular complexity index is 820. The number of aryl methyl sites for hydroxylation is 2. The molecule has 0 aliphatic rings. The molecule has 0 radical (unpaired) electrons. The van der Waals surface area contributed by atoms with Gasteiger partial charge in [0.05, 0.1) is 17.2 Å². The summed E-state index contributed by atoms with van der Waals surface area (Å²) in [6.45, 7) is 4.56. The number of carbonyl (C=O) groups excluding carboxylic acids is 1. The summed E-state index contributed by atoms with van der Waals surface area (Å²) in [5, 5.41) is 5.89. The van der Waals surface area contributed by atoms with E-state index in [1.165, 1.54) is 0 Å². The maximum Gasteiger partial charge on any atom is 0.270 e. The Morgan fingerprint density at radius 3 is 2.91 bits per heavy atom. The summed E-state index contributed by atoms with van der Waals surface area (Å²) in [5.41, 5.74) is 1.53. The van der Waals surface area contributed by atoms with Crippen LogP contribution < -0.4 is 5.32 Å². The van der Waals surface area contributed by atoms with Crippen LogP contribution in [0.4, 0.5) is 0 Å². The van der Waals surface area contributed by atoms with E-state index in [2.05, 4.69) is 22.2 Å². The molecule has 4 nitrogen and oxygen atoms in total. The quantitative estimate of drug-likeness (QED) is 0.802. The van der Waals surface area contributed by atoms with E-state index in [1.807, 2.05) is 37.3 Å². The first-order chi connectivity index (χ1) is 10.7. The van der Waals surface area contributed by atoms with Gasteiger partial charge >= 0.3 is 0 Å². The van der Waals surface area contributed by atoms with Crippen LogP contribution in [0.5, 0.6) is 0 Å². The predicted octanol–water partition coefficient (Wildman–Crippen LogP) is 3.49. The minimum Gasteiger partial charge on any atom is -0.346 e. The molecule has 22 heavy (non-hydrogen) atoms. The predicted molar refractivity (Wildman–Crippen MR) is 89.1 cm³/mol. The molecule has 1 amide bonds. The van der Waals surface area contributed by atoms with E-state index in [4.69, 9.17) is 0 Å². The average Bonchev–Trinajstić information content (AvgIpc) is 2.92. The van der Waals surface area contributed by atoms with Gasteiger partial charge in [-0.3, -0.25) is 9.78 Å². The van der Waals surface area contributed by atoms with Gasteiger partial charge in [0.25, 0.3) is 5.91 Å². The van der Waals surface area contributed by atoms with Crippen LogP contribution in [0.2, 0.25) is 0 Å². The van der Waals surface area contributed by atoms with Gasteiger partial charge < -0.3 is 5.32 Å². The first kappa shape index (κ1) is 14.7. The Labute approximate surface area is 133 Å². The Morgan fingerprint density at radius 2 is 2.09 bits per heavy atom. The highest BCUT2D eigenvalue weighted by Crippen LogP contribution is 2.19. The number of thiazole rings is 1. The smallest absolute Gasteiger partial charge is 0.270 e. The highest BCUT2D eigenvalue weighted by atomic mass is 32.1. The van der Waals surface area contributed by atoms with Crippen molar-refractivity contribution in [2.24, 2.45) is 0 Å². The molecule has 1 aromatic carbocycles. The molecule has 0 spiro atoms. The van der Waals surface area contributed by atoms with Crippen LogP contribution in [-0.4, -0.2) is 15.9 Å². The molecule has 0 atom stereocenters. The Balaban J connectivity index is 1.82. The fourth-order valence-corrected chi connectivity index (χ4v) is 3.44. The van der Waals surface area contributed by atoms with E-state index in [0.29, 0.717) is 12.2 Å². The number of nitrogens with zero attached hydrogens (tertiary/aromatic N) is 2. The van der Waals surface area contributed by atoms with E-state index >= 15 is 0 Å². The number of benzene rings is 1. The Kier molecular flexibility index (Phi) is 4.15. The van der Waals surface area contributed by atoms with Gasteiger partial charge in [0.2, 0.25) is 0 Å². The summed E-state index contributed by atoms with van der Waals surface area (Å²) in [6.07, 6.45) is 2.55. The maximum atomic E-state index is 12.4. The van der Waals surface area contributed by atoms with Crippen molar-refractivity contribution < 1.29 is 4.79 Å². The summed E-state index contributed by atoms with van der Waals surface area (Å²) in [4.78, 5) is 22.3. The summed E-state index contributed by atoms with van der Waals surface area (Å²) in [5.74, 6) is -0.148. The van der Waals surface area contributed by atoms with Crippen LogP contribution in [0, 0.1) is 6.92 Å². The van der Waals surface area contributed by atoms with Crippen LogP contribution in [0.1, 0.15) is 33.0 Å². The SMILES string of the molecule is CCc1nc(C)sc1CNC(=O)c1nccc2ccccc12. The number of hydrogen-bond acceptors (Lipinski definition) is 4. The zero-order valence-electron chi connectivity index (χ0n) is 12.6. The summed E-state index contributed by atoms with van der Waals surface area (Å²) >= 11 is 1.63. The molecule has 0 aliphatic carbocycles. The summed E-state index contributed by atoms with van der Waals surface area (Å²) in [7, 11) is 0. The van der Waals surface area contributed by atoms with E-state index in [0.717, 1.165) is 32.8 Å². The molecule has 0 bridgehead atoms. The van der Waals surface area contributed by atoms with Gasteiger partial charge in [-0.25, -0.2) is 4.98 Å². The van der Waals surface area contributed by atoms with E-state index < -0.39 is 0 Å². The second-order valence-corrected chi connectivity index (χ2v) is 6.31. The van der Waals surface area contributed by atoms with E-state index in [9.17, 15) is 4.79 Å². The molecule has 112 valence electrons. The summed E-state index contributed by atoms with van der Waals surface area (Å²) < 4.78 is 0. The fourth-order valence-electron chi connectivity index (χ4n) is 2.47. The number of fused-ring (bicyclic) bond motifs is 1. The third-order valence-corrected chi connectivity index (χ3v) is 4.53. The molecule has 2 heterocycles. The number of aromatic nitrogens is 2. The van der Waals surface area contributed by atoms with Gasteiger partial charge in [0.15, 0.2) is 0 Å². The maximum absolute atomic E-state index is 12.4. The van der Waals surface area contributed by atoms with Crippen LogP contribution in [0.3, 0.4) is 0 Å². The van der Waals surface area contributed by atoms with Crippen LogP contribution in [0.15, 0.2) is 36.5 Å². The molecule has 0 aliphatic heterocycles. The lowest BCUT2D eigenvalue weighted by molar-refractivity contribution is 0.0948. The molecular weight excluding hydrogens is 294 g/mol. The van der Waals surface area contributed by atoms with Crippen molar-refractivity contribution in [1.82, 2.24) is 15.3 Å². The Morgan fingerprint density at radius 1 is 1.27 bits per heavy atom. The standard InChI is InChI=1S/C17H17N3OS/c1-3-14-15(22-11(2)20-14)10-19-17(21)16-13-7-5-4-6-12(13)8-9-18-16/h4-9H,3,10H2,1-2H3,(H,19,21). The van der Waals surface area contributed by atoms with Crippen LogP contribution in [-0.2, 0) is 13.0 Å². The van der Waals surface area contributed by atoms with Crippen molar-refractivity contribution >= 4 is 28.0 Å². The normalized spacial score (nSPS) is 10.8. The van der Waals surface area contributed by atoms with Crippen molar-refractivity contribution in [3.63, 3.8) is 0 Å². The molecule has 0 saturated carbocycles. The van der Waals surface area contributed by atoms with Crippen molar-refractivity contribution in [3.8, 4) is 0 Å². The third kappa shape index (κ3) is 2.85. The molecule has 3 aromatic rings. The highest BCUT2D eigenvalue weighted by Gasteiger charge is 2.13. The second kappa shape index (κ2) is 6.23. The highest BCUT2D eigenvalue weighted by molar-refractivity contribution is 7.11. The number of amides is 1. The minimum absolute atomic E-state index is 0.148. The lowest BCUT2D eigenvalue weighted by atomic mass is 10.1. The Hall–Kier alpha value is -2.27. The van der Waals surface area contributed by atoms with Gasteiger partial charge in [0.1, 0.15) is 5.69 Å². The topological polar surface area (TPSA) is 54.9 Å². The molecule has 0 saturated heterocycles. The largest absolute Gasteiger partial charge is 0.346 e. The van der Waals surface area contributed by atoms with Gasteiger partial charge in [-0.2, -0.15) is 0 Å². The monoisotopic (exact) mass is 311 g/mol. The molecule has 0 unspecified atom stereocenters. The van der Waals surface area contributed by atoms with Gasteiger partial charge in [-0.05, 0) is 24.8 Å². The third-order valence-electron chi connectivity index (χ3n) is 3.52. The van der Waals surface area contributed by atoms with Gasteiger partial charge in [-0.1, -0.05) is 31.2 Å². The van der Waals surface area contributed by atoms with Crippen molar-refractivity contribution in [1.29, 1.82) is 0 Å². The summed E-state index contributed by atoms with van der Waals surface area (Å²) in [6, 6.07) is 9.69. The zero-order valence-corrected chi connectivity index (χ0v) is 13.4. The number of carbonyl (C=O) groups is 1. The average molecular weight is 311 g/mol. The molecule has 0 fully saturated rings. The molecular formula is C17H17N3OS. The molecule has 5 heteroatoms. The van der Waals surface area contributed by atoms with Gasteiger partial charge in [-0.15, -0.1) is 11.3 Å². The fraction of sp³-hybridized carbons (Fsp3) is 0.235. The van der Waals surface area contributed by atoms with Crippen LogP contribution in [0.25, 0.3) is 10.8 Å². The van der Waals surface area contributed by atoms with Crippen LogP contribution >= 0.6 is 11.3 Å². The molecule has 1 N–H and O–H groups in total. The molecule has 3 rings (SSSR count). The van der Waals surface area contributed by atoms with E-state index in [1.54, 1.807) is 17.5 Å². The zero-order chi connectivity index (χ0) is 15.5. The number of hydrogen-bond donors (Lipinski definition) is 1. The lowest BCUT2D eigenvalue weighted by Gasteiger charge is -2.07. The second-order valence-electron chi connectivity index (χ2n) is 5.02.